The average molecular weight is 266 g/mol. The summed E-state index contributed by atoms with van der Waals surface area (Å²) in [5, 5.41) is 3.31. The first kappa shape index (κ1) is 14.3. The topological polar surface area (TPSA) is 24.5 Å². The maximum atomic E-state index is 13.7. The Balaban J connectivity index is 2.11. The number of ether oxygens (including phenoxy) is 1. The highest BCUT2D eigenvalue weighted by molar-refractivity contribution is 5.50. The van der Waals surface area contributed by atoms with Crippen LogP contribution in [0.2, 0.25) is 0 Å². The van der Waals surface area contributed by atoms with Gasteiger partial charge in [-0.2, -0.15) is 0 Å². The fourth-order valence-electron chi connectivity index (χ4n) is 2.42. The Hall–Kier alpha value is -1.13. The number of anilines is 1. The van der Waals surface area contributed by atoms with E-state index in [1.807, 2.05) is 0 Å². The number of benzene rings is 1. The Morgan fingerprint density at radius 3 is 3.00 bits per heavy atom. The number of hydrogen-bond donors (Lipinski definition) is 1. The number of nitrogens with zero attached hydrogens (tertiary/aromatic N) is 1. The van der Waals surface area contributed by atoms with Crippen molar-refractivity contribution in [3.05, 3.63) is 29.6 Å². The molecule has 0 aromatic heterocycles. The molecule has 1 heterocycles. The predicted octanol–water partition coefficient (Wildman–Crippen LogP) is 2.55. The number of nitrogens with one attached hydrogen (secondary N) is 1. The molecule has 1 unspecified atom stereocenters. The van der Waals surface area contributed by atoms with Crippen LogP contribution in [-0.2, 0) is 11.3 Å². The molecule has 1 aromatic rings. The molecule has 1 N–H and O–H groups in total. The van der Waals surface area contributed by atoms with Crippen molar-refractivity contribution in [1.82, 2.24) is 5.32 Å². The molecule has 0 radical (unpaired) electrons. The van der Waals surface area contributed by atoms with E-state index in [0.717, 1.165) is 37.3 Å². The second-order valence-electron chi connectivity index (χ2n) is 5.11. The zero-order chi connectivity index (χ0) is 13.7. The van der Waals surface area contributed by atoms with E-state index in [0.29, 0.717) is 19.3 Å². The van der Waals surface area contributed by atoms with Gasteiger partial charge in [0.25, 0.3) is 0 Å². The molecule has 0 amide bonds. The van der Waals surface area contributed by atoms with Crippen LogP contribution in [0.5, 0.6) is 0 Å². The number of halogens is 1. The standard InChI is InChI=1S/C15H23FN2O/c1-3-4-17-10-13-7-14(16)9-15(8-13)18-5-6-19-11-12(18)2/h7-9,12,17H,3-6,10-11H2,1-2H3. The highest BCUT2D eigenvalue weighted by atomic mass is 19.1. The van der Waals surface area contributed by atoms with Crippen LogP contribution >= 0.6 is 0 Å². The zero-order valence-electron chi connectivity index (χ0n) is 11.8. The minimum atomic E-state index is -0.163. The normalized spacial score (nSPS) is 19.7. The summed E-state index contributed by atoms with van der Waals surface area (Å²) in [6.07, 6.45) is 1.09. The molecule has 0 spiro atoms. The molecule has 4 heteroatoms. The van der Waals surface area contributed by atoms with Gasteiger partial charge in [-0.25, -0.2) is 4.39 Å². The highest BCUT2D eigenvalue weighted by Gasteiger charge is 2.19. The molecule has 0 saturated carbocycles. The molecule has 2 rings (SSSR count). The Labute approximate surface area is 114 Å². The third-order valence-corrected chi connectivity index (χ3v) is 3.40. The van der Waals surface area contributed by atoms with Gasteiger partial charge in [0.1, 0.15) is 5.82 Å². The van der Waals surface area contributed by atoms with E-state index in [1.54, 1.807) is 12.1 Å². The van der Waals surface area contributed by atoms with Gasteiger partial charge in [-0.15, -0.1) is 0 Å². The summed E-state index contributed by atoms with van der Waals surface area (Å²) in [5.74, 6) is -0.163. The summed E-state index contributed by atoms with van der Waals surface area (Å²) >= 11 is 0. The van der Waals surface area contributed by atoms with Gasteiger partial charge in [0.15, 0.2) is 0 Å². The van der Waals surface area contributed by atoms with E-state index >= 15 is 0 Å². The summed E-state index contributed by atoms with van der Waals surface area (Å²) in [6, 6.07) is 5.60. The monoisotopic (exact) mass is 266 g/mol. The van der Waals surface area contributed by atoms with Crippen LogP contribution in [0.25, 0.3) is 0 Å². The molecule has 19 heavy (non-hydrogen) atoms. The van der Waals surface area contributed by atoms with Gasteiger partial charge < -0.3 is 15.0 Å². The van der Waals surface area contributed by atoms with E-state index < -0.39 is 0 Å². The van der Waals surface area contributed by atoms with Gasteiger partial charge in [-0.05, 0) is 43.7 Å². The van der Waals surface area contributed by atoms with E-state index in [9.17, 15) is 4.39 Å². The lowest BCUT2D eigenvalue weighted by Gasteiger charge is -2.35. The van der Waals surface area contributed by atoms with Crippen LogP contribution in [0.3, 0.4) is 0 Å². The molecule has 1 saturated heterocycles. The van der Waals surface area contributed by atoms with Gasteiger partial charge in [-0.3, -0.25) is 0 Å². The minimum absolute atomic E-state index is 0.163. The first-order valence-corrected chi connectivity index (χ1v) is 7.05. The average Bonchev–Trinajstić information content (AvgIpc) is 2.39. The molecule has 1 aliphatic heterocycles. The first-order chi connectivity index (χ1) is 9.20. The van der Waals surface area contributed by atoms with Gasteiger partial charge in [0.05, 0.1) is 13.2 Å². The third kappa shape index (κ3) is 3.91. The summed E-state index contributed by atoms with van der Waals surface area (Å²) in [6.45, 7) is 8.16. The number of hydrogen-bond acceptors (Lipinski definition) is 3. The molecule has 1 aliphatic rings. The lowest BCUT2D eigenvalue weighted by atomic mass is 10.1. The van der Waals surface area contributed by atoms with Gasteiger partial charge in [0, 0.05) is 24.8 Å². The number of morpholine rings is 1. The largest absolute Gasteiger partial charge is 0.377 e. The minimum Gasteiger partial charge on any atom is -0.377 e. The van der Waals surface area contributed by atoms with Crippen molar-refractivity contribution >= 4 is 5.69 Å². The number of rotatable bonds is 5. The van der Waals surface area contributed by atoms with Crippen molar-refractivity contribution in [3.8, 4) is 0 Å². The SMILES string of the molecule is CCCNCc1cc(F)cc(N2CCOCC2C)c1. The van der Waals surface area contributed by atoms with E-state index in [-0.39, 0.29) is 5.82 Å². The van der Waals surface area contributed by atoms with E-state index in [4.69, 9.17) is 4.74 Å². The summed E-state index contributed by atoms with van der Waals surface area (Å²) in [5.41, 5.74) is 1.96. The first-order valence-electron chi connectivity index (χ1n) is 7.05. The quantitative estimate of drug-likeness (QED) is 0.829. The summed E-state index contributed by atoms with van der Waals surface area (Å²) in [7, 11) is 0. The van der Waals surface area contributed by atoms with Crippen molar-refractivity contribution in [2.24, 2.45) is 0 Å². The molecule has 0 aliphatic carbocycles. The maximum Gasteiger partial charge on any atom is 0.125 e. The van der Waals surface area contributed by atoms with Crippen LogP contribution in [0.4, 0.5) is 10.1 Å². The van der Waals surface area contributed by atoms with Crippen LogP contribution < -0.4 is 10.2 Å². The van der Waals surface area contributed by atoms with Crippen LogP contribution in [0.15, 0.2) is 18.2 Å². The highest BCUT2D eigenvalue weighted by Crippen LogP contribution is 2.22. The fourth-order valence-corrected chi connectivity index (χ4v) is 2.42. The summed E-state index contributed by atoms with van der Waals surface area (Å²) < 4.78 is 19.2. The molecular formula is C15H23FN2O. The van der Waals surface area contributed by atoms with Crippen LogP contribution in [0, 0.1) is 5.82 Å². The Morgan fingerprint density at radius 2 is 2.26 bits per heavy atom. The van der Waals surface area contributed by atoms with E-state index in [2.05, 4.69) is 30.1 Å². The predicted molar refractivity (Wildman–Crippen MR) is 76.0 cm³/mol. The second-order valence-corrected chi connectivity index (χ2v) is 5.11. The van der Waals surface area contributed by atoms with Gasteiger partial charge in [-0.1, -0.05) is 6.92 Å². The Morgan fingerprint density at radius 1 is 1.42 bits per heavy atom. The lowest BCUT2D eigenvalue weighted by molar-refractivity contribution is 0.0989. The van der Waals surface area contributed by atoms with Crippen LogP contribution in [-0.4, -0.2) is 32.3 Å². The van der Waals surface area contributed by atoms with Crippen molar-refractivity contribution < 1.29 is 9.13 Å². The summed E-state index contributed by atoms with van der Waals surface area (Å²) in [4.78, 5) is 2.22. The molecule has 1 atom stereocenters. The van der Waals surface area contributed by atoms with Gasteiger partial charge in [0.2, 0.25) is 0 Å². The molecular weight excluding hydrogens is 243 g/mol. The van der Waals surface area contributed by atoms with Crippen molar-refractivity contribution in [1.29, 1.82) is 0 Å². The second kappa shape index (κ2) is 6.87. The lowest BCUT2D eigenvalue weighted by Crippen LogP contribution is -2.43. The van der Waals surface area contributed by atoms with Crippen molar-refractivity contribution in [2.45, 2.75) is 32.9 Å². The molecule has 3 nitrogen and oxygen atoms in total. The molecule has 1 aromatic carbocycles. The molecule has 106 valence electrons. The van der Waals surface area contributed by atoms with Crippen LogP contribution in [0.1, 0.15) is 25.8 Å². The Kier molecular flexibility index (Phi) is 5.16. The Bertz CT molecular complexity index is 411. The van der Waals surface area contributed by atoms with Crippen molar-refractivity contribution in [2.75, 3.05) is 31.2 Å². The van der Waals surface area contributed by atoms with Crippen molar-refractivity contribution in [3.63, 3.8) is 0 Å². The zero-order valence-corrected chi connectivity index (χ0v) is 11.8. The molecule has 1 fully saturated rings. The smallest absolute Gasteiger partial charge is 0.125 e. The maximum absolute atomic E-state index is 13.7. The molecule has 0 bridgehead atoms. The fraction of sp³-hybridized carbons (Fsp3) is 0.600. The third-order valence-electron chi connectivity index (χ3n) is 3.40. The van der Waals surface area contributed by atoms with E-state index in [1.165, 1.54) is 0 Å². The van der Waals surface area contributed by atoms with Gasteiger partial charge >= 0.3 is 0 Å².